The summed E-state index contributed by atoms with van der Waals surface area (Å²) in [6, 6.07) is 16.3. The van der Waals surface area contributed by atoms with Crippen molar-refractivity contribution in [3.63, 3.8) is 0 Å². The molecule has 5 amide bonds. The topological polar surface area (TPSA) is 105 Å². The van der Waals surface area contributed by atoms with Gasteiger partial charge in [0, 0.05) is 20.2 Å². The second-order valence-electron chi connectivity index (χ2n) is 7.95. The minimum absolute atomic E-state index is 0.239. The summed E-state index contributed by atoms with van der Waals surface area (Å²) in [4.78, 5) is 51.7. The lowest BCUT2D eigenvalue weighted by molar-refractivity contribution is -0.122. The van der Waals surface area contributed by atoms with Crippen LogP contribution in [0.4, 0.5) is 16.2 Å². The van der Waals surface area contributed by atoms with Gasteiger partial charge in [0.05, 0.1) is 10.2 Å². The van der Waals surface area contributed by atoms with Crippen LogP contribution in [0.5, 0.6) is 5.75 Å². The second-order valence-corrected chi connectivity index (χ2v) is 10.6. The third kappa shape index (κ3) is 6.35. The van der Waals surface area contributed by atoms with Crippen LogP contribution in [0.1, 0.15) is 11.1 Å². The Morgan fingerprint density at radius 2 is 1.73 bits per heavy atom. The lowest BCUT2D eigenvalue weighted by Gasteiger charge is -2.26. The van der Waals surface area contributed by atoms with Crippen LogP contribution in [-0.2, 0) is 14.4 Å². The van der Waals surface area contributed by atoms with Crippen molar-refractivity contribution in [3.8, 4) is 5.75 Å². The maximum atomic E-state index is 13.2. The van der Waals surface area contributed by atoms with Gasteiger partial charge in [-0.25, -0.2) is 9.69 Å². The van der Waals surface area contributed by atoms with Gasteiger partial charge in [0.15, 0.2) is 6.61 Å². The highest BCUT2D eigenvalue weighted by Gasteiger charge is 2.37. The molecule has 0 spiro atoms. The number of carbonyl (C=O) groups excluding carboxylic acids is 4. The molecule has 1 fully saturated rings. The molecule has 0 bridgehead atoms. The fourth-order valence-electron chi connectivity index (χ4n) is 3.53. The summed E-state index contributed by atoms with van der Waals surface area (Å²) in [5.41, 5.74) is 1.99. The SMILES string of the molecule is Cc1cccc(NC(=O)COc2c(Br)cc(Br)cc2/C=C2\C(=O)NC(=O)N(c3ccc(Br)cc3)C2=O)c1. The Labute approximate surface area is 237 Å². The molecule has 1 saturated heterocycles. The molecule has 0 saturated carbocycles. The summed E-state index contributed by atoms with van der Waals surface area (Å²) in [5, 5.41) is 4.95. The van der Waals surface area contributed by atoms with Crippen LogP contribution in [0, 0.1) is 6.92 Å². The summed E-state index contributed by atoms with van der Waals surface area (Å²) in [6.07, 6.45) is 1.32. The molecule has 0 aromatic heterocycles. The number of urea groups is 1. The van der Waals surface area contributed by atoms with Gasteiger partial charge < -0.3 is 10.1 Å². The fraction of sp³-hybridized carbons (Fsp3) is 0.0769. The maximum absolute atomic E-state index is 13.2. The molecule has 188 valence electrons. The Morgan fingerprint density at radius 1 is 1.00 bits per heavy atom. The molecule has 1 aliphatic heterocycles. The van der Waals surface area contributed by atoms with E-state index >= 15 is 0 Å². The summed E-state index contributed by atoms with van der Waals surface area (Å²) >= 11 is 10.1. The molecule has 11 heteroatoms. The second kappa shape index (κ2) is 11.4. The number of hydrogen-bond donors (Lipinski definition) is 2. The number of hydrogen-bond acceptors (Lipinski definition) is 5. The Kier molecular flexibility index (Phi) is 8.25. The van der Waals surface area contributed by atoms with Gasteiger partial charge in [-0.2, -0.15) is 0 Å². The Hall–Kier alpha value is -3.28. The zero-order valence-electron chi connectivity index (χ0n) is 19.2. The number of halogens is 3. The number of nitrogens with zero attached hydrogens (tertiary/aromatic N) is 1. The highest BCUT2D eigenvalue weighted by Crippen LogP contribution is 2.35. The number of ether oxygens (including phenoxy) is 1. The Balaban J connectivity index is 1.62. The quantitative estimate of drug-likeness (QED) is 0.245. The number of amides is 5. The molecule has 0 atom stereocenters. The van der Waals surface area contributed by atoms with Crippen LogP contribution in [-0.4, -0.2) is 30.4 Å². The largest absolute Gasteiger partial charge is 0.482 e. The number of anilines is 2. The van der Waals surface area contributed by atoms with E-state index in [2.05, 4.69) is 58.4 Å². The number of imide groups is 2. The van der Waals surface area contributed by atoms with Gasteiger partial charge in [0.2, 0.25) is 0 Å². The van der Waals surface area contributed by atoms with Crippen LogP contribution in [0.15, 0.2) is 79.7 Å². The van der Waals surface area contributed by atoms with E-state index in [0.717, 1.165) is 14.9 Å². The van der Waals surface area contributed by atoms with Gasteiger partial charge in [-0.15, -0.1) is 0 Å². The monoisotopic (exact) mass is 689 g/mol. The summed E-state index contributed by atoms with van der Waals surface area (Å²) < 4.78 is 7.68. The predicted octanol–water partition coefficient (Wildman–Crippen LogP) is 5.97. The molecule has 0 aliphatic carbocycles. The Morgan fingerprint density at radius 3 is 2.43 bits per heavy atom. The Bertz CT molecular complexity index is 1450. The highest BCUT2D eigenvalue weighted by molar-refractivity contribution is 9.11. The molecule has 1 heterocycles. The minimum atomic E-state index is -0.853. The summed E-state index contributed by atoms with van der Waals surface area (Å²) in [5.74, 6) is -1.79. The van der Waals surface area contributed by atoms with Crippen molar-refractivity contribution >= 4 is 89.0 Å². The van der Waals surface area contributed by atoms with Crippen molar-refractivity contribution in [1.82, 2.24) is 5.32 Å². The third-order valence-electron chi connectivity index (χ3n) is 5.17. The van der Waals surface area contributed by atoms with E-state index in [1.54, 1.807) is 42.5 Å². The number of nitrogens with one attached hydrogen (secondary N) is 2. The average molecular weight is 692 g/mol. The standard InChI is InChI=1S/C26H18Br3N3O5/c1-14-3-2-4-18(9-14)30-22(33)13-37-23-15(10-17(28)12-21(23)29)11-20-24(34)31-26(36)32(25(20)35)19-7-5-16(27)6-8-19/h2-12H,13H2,1H3,(H,30,33)(H,31,34,36)/b20-11+. The first-order valence-electron chi connectivity index (χ1n) is 10.8. The zero-order valence-corrected chi connectivity index (χ0v) is 23.9. The molecular weight excluding hydrogens is 674 g/mol. The van der Waals surface area contributed by atoms with Gasteiger partial charge in [-0.1, -0.05) is 44.0 Å². The molecule has 2 N–H and O–H groups in total. The normalized spacial score (nSPS) is 14.5. The van der Waals surface area contributed by atoms with Crippen LogP contribution in [0.2, 0.25) is 0 Å². The maximum Gasteiger partial charge on any atom is 0.335 e. The molecule has 4 rings (SSSR count). The van der Waals surface area contributed by atoms with E-state index in [1.165, 1.54) is 6.08 Å². The molecule has 37 heavy (non-hydrogen) atoms. The summed E-state index contributed by atoms with van der Waals surface area (Å²) in [7, 11) is 0. The van der Waals surface area contributed by atoms with Crippen molar-refractivity contribution in [3.05, 3.63) is 90.8 Å². The van der Waals surface area contributed by atoms with Gasteiger partial charge in [-0.3, -0.25) is 19.7 Å². The number of carbonyl (C=O) groups is 4. The molecule has 0 unspecified atom stereocenters. The van der Waals surface area contributed by atoms with E-state index in [9.17, 15) is 19.2 Å². The van der Waals surface area contributed by atoms with Gasteiger partial charge in [0.25, 0.3) is 17.7 Å². The predicted molar refractivity (Wildman–Crippen MR) is 150 cm³/mol. The van der Waals surface area contributed by atoms with Crippen LogP contribution in [0.3, 0.4) is 0 Å². The first-order chi connectivity index (χ1) is 17.6. The van der Waals surface area contributed by atoms with E-state index in [0.29, 0.717) is 25.9 Å². The number of rotatable bonds is 6. The molecule has 3 aromatic rings. The van der Waals surface area contributed by atoms with Gasteiger partial charge >= 0.3 is 6.03 Å². The van der Waals surface area contributed by atoms with Gasteiger partial charge in [-0.05, 0) is 83.0 Å². The van der Waals surface area contributed by atoms with E-state index in [4.69, 9.17) is 4.74 Å². The van der Waals surface area contributed by atoms with Gasteiger partial charge in [0.1, 0.15) is 11.3 Å². The smallest absolute Gasteiger partial charge is 0.335 e. The lowest BCUT2D eigenvalue weighted by atomic mass is 10.1. The van der Waals surface area contributed by atoms with Crippen LogP contribution in [0.25, 0.3) is 6.08 Å². The molecule has 0 radical (unpaired) electrons. The van der Waals surface area contributed by atoms with Crippen LogP contribution < -0.4 is 20.3 Å². The molecule has 1 aliphatic rings. The lowest BCUT2D eigenvalue weighted by Crippen LogP contribution is -2.54. The van der Waals surface area contributed by atoms with Crippen molar-refractivity contribution in [2.75, 3.05) is 16.8 Å². The molecule has 8 nitrogen and oxygen atoms in total. The fourth-order valence-corrected chi connectivity index (χ4v) is 5.17. The first-order valence-corrected chi connectivity index (χ1v) is 13.2. The van der Waals surface area contributed by atoms with Crippen molar-refractivity contribution in [2.24, 2.45) is 0 Å². The number of barbiturate groups is 1. The average Bonchev–Trinajstić information content (AvgIpc) is 2.82. The molecular formula is C26H18Br3N3O5. The zero-order chi connectivity index (χ0) is 26.7. The van der Waals surface area contributed by atoms with Crippen LogP contribution >= 0.6 is 47.8 Å². The summed E-state index contributed by atoms with van der Waals surface area (Å²) in [6.45, 7) is 1.59. The van der Waals surface area contributed by atoms with Crippen molar-refractivity contribution in [2.45, 2.75) is 6.92 Å². The highest BCUT2D eigenvalue weighted by atomic mass is 79.9. The molecule has 3 aromatic carbocycles. The first kappa shape index (κ1) is 26.8. The third-order valence-corrected chi connectivity index (χ3v) is 6.75. The van der Waals surface area contributed by atoms with Crippen molar-refractivity contribution in [1.29, 1.82) is 0 Å². The number of aryl methyl sites for hydroxylation is 1. The van der Waals surface area contributed by atoms with E-state index in [1.807, 2.05) is 25.1 Å². The van der Waals surface area contributed by atoms with E-state index < -0.39 is 23.8 Å². The van der Waals surface area contributed by atoms with E-state index in [-0.39, 0.29) is 17.9 Å². The van der Waals surface area contributed by atoms with Crippen molar-refractivity contribution < 1.29 is 23.9 Å². The minimum Gasteiger partial charge on any atom is -0.482 e. The number of benzene rings is 3.